The zero-order chi connectivity index (χ0) is 16.1. The van der Waals surface area contributed by atoms with Gasteiger partial charge in [0.1, 0.15) is 23.6 Å². The van der Waals surface area contributed by atoms with Gasteiger partial charge in [-0.15, -0.1) is 0 Å². The number of anilines is 1. The zero-order valence-corrected chi connectivity index (χ0v) is 12.8. The third-order valence-electron chi connectivity index (χ3n) is 4.00. The smallest absolute Gasteiger partial charge is 0.213 e. The van der Waals surface area contributed by atoms with Crippen molar-refractivity contribution >= 4 is 5.69 Å². The van der Waals surface area contributed by atoms with Gasteiger partial charge in [0.05, 0.1) is 5.69 Å². The Balaban J connectivity index is 1.67. The van der Waals surface area contributed by atoms with E-state index in [0.29, 0.717) is 18.1 Å². The maximum absolute atomic E-state index is 13.6. The van der Waals surface area contributed by atoms with Gasteiger partial charge in [-0.3, -0.25) is 0 Å². The molecule has 1 heterocycles. The number of pyridine rings is 1. The van der Waals surface area contributed by atoms with Gasteiger partial charge < -0.3 is 10.1 Å². The van der Waals surface area contributed by atoms with Gasteiger partial charge in [0.25, 0.3) is 0 Å². The number of nitriles is 1. The summed E-state index contributed by atoms with van der Waals surface area (Å²) in [5.74, 6) is 0.105. The Morgan fingerprint density at radius 1 is 1.30 bits per heavy atom. The Kier molecular flexibility index (Phi) is 4.72. The monoisotopic (exact) mass is 311 g/mol. The molecule has 1 N–H and O–H groups in total. The van der Waals surface area contributed by atoms with E-state index in [1.807, 2.05) is 18.2 Å². The summed E-state index contributed by atoms with van der Waals surface area (Å²) in [7, 11) is 0. The Morgan fingerprint density at radius 3 is 2.91 bits per heavy atom. The molecule has 5 heteroatoms. The topological polar surface area (TPSA) is 57.9 Å². The Hall–Kier alpha value is -2.61. The number of hydrogen-bond acceptors (Lipinski definition) is 4. The van der Waals surface area contributed by atoms with E-state index in [1.165, 1.54) is 18.9 Å². The molecule has 1 aliphatic carbocycles. The molecule has 3 rings (SSSR count). The molecule has 1 saturated carbocycles. The van der Waals surface area contributed by atoms with E-state index in [-0.39, 0.29) is 11.7 Å². The van der Waals surface area contributed by atoms with Gasteiger partial charge in [-0.05, 0) is 49.4 Å². The fourth-order valence-electron chi connectivity index (χ4n) is 2.78. The Morgan fingerprint density at radius 2 is 2.13 bits per heavy atom. The van der Waals surface area contributed by atoms with Gasteiger partial charge in [0, 0.05) is 18.8 Å². The van der Waals surface area contributed by atoms with E-state index in [4.69, 9.17) is 10.00 Å². The molecule has 23 heavy (non-hydrogen) atoms. The SMILES string of the molecule is N#Cc1c(F)cccc1NCc1ccnc(OC2CCCC2)c1. The molecule has 0 spiro atoms. The standard InChI is InChI=1S/C18H18FN3O/c19-16-6-3-7-17(15(16)11-20)22-12-13-8-9-21-18(10-13)23-14-4-1-2-5-14/h3,6-10,14,22H,1-2,4-5,12H2. The Bertz CT molecular complexity index is 720. The van der Waals surface area contributed by atoms with Crippen LogP contribution < -0.4 is 10.1 Å². The first-order valence-electron chi connectivity index (χ1n) is 7.80. The molecule has 0 amide bonds. The minimum Gasteiger partial charge on any atom is -0.474 e. The average molecular weight is 311 g/mol. The van der Waals surface area contributed by atoms with Crippen molar-refractivity contribution in [2.24, 2.45) is 0 Å². The highest BCUT2D eigenvalue weighted by Gasteiger charge is 2.17. The molecule has 1 aliphatic rings. The number of nitrogens with zero attached hydrogens (tertiary/aromatic N) is 2. The van der Waals surface area contributed by atoms with Gasteiger partial charge in [-0.25, -0.2) is 9.37 Å². The minimum absolute atomic E-state index is 0.0315. The first kappa shape index (κ1) is 15.3. The van der Waals surface area contributed by atoms with Crippen LogP contribution in [0.4, 0.5) is 10.1 Å². The lowest BCUT2D eigenvalue weighted by Crippen LogP contribution is -2.12. The maximum atomic E-state index is 13.6. The van der Waals surface area contributed by atoms with Crippen molar-refractivity contribution in [3.05, 3.63) is 53.5 Å². The normalized spacial score (nSPS) is 14.4. The number of nitrogens with one attached hydrogen (secondary N) is 1. The van der Waals surface area contributed by atoms with E-state index in [0.717, 1.165) is 18.4 Å². The number of rotatable bonds is 5. The summed E-state index contributed by atoms with van der Waals surface area (Å²) < 4.78 is 19.5. The van der Waals surface area contributed by atoms with Crippen molar-refractivity contribution in [2.45, 2.75) is 38.3 Å². The summed E-state index contributed by atoms with van der Waals surface area (Å²) in [5.41, 5.74) is 1.49. The molecule has 1 aromatic carbocycles. The van der Waals surface area contributed by atoms with Crippen molar-refractivity contribution in [3.8, 4) is 11.9 Å². The summed E-state index contributed by atoms with van der Waals surface area (Å²) in [6, 6.07) is 10.2. The van der Waals surface area contributed by atoms with Crippen LogP contribution in [0.15, 0.2) is 36.5 Å². The van der Waals surface area contributed by atoms with E-state index in [1.54, 1.807) is 18.3 Å². The van der Waals surface area contributed by atoms with Crippen LogP contribution in [0.25, 0.3) is 0 Å². The summed E-state index contributed by atoms with van der Waals surface area (Å²) in [6.07, 6.45) is 6.56. The molecular weight excluding hydrogens is 293 g/mol. The van der Waals surface area contributed by atoms with Crippen LogP contribution in [0, 0.1) is 17.1 Å². The molecule has 4 nitrogen and oxygen atoms in total. The van der Waals surface area contributed by atoms with Crippen molar-refractivity contribution in [1.82, 2.24) is 4.98 Å². The fourth-order valence-corrected chi connectivity index (χ4v) is 2.78. The highest BCUT2D eigenvalue weighted by atomic mass is 19.1. The average Bonchev–Trinajstić information content (AvgIpc) is 3.06. The number of hydrogen-bond donors (Lipinski definition) is 1. The third kappa shape index (κ3) is 3.78. The van der Waals surface area contributed by atoms with Crippen LogP contribution in [-0.4, -0.2) is 11.1 Å². The molecule has 118 valence electrons. The highest BCUT2D eigenvalue weighted by molar-refractivity contribution is 5.58. The van der Waals surface area contributed by atoms with Gasteiger partial charge in [0.15, 0.2) is 0 Å². The third-order valence-corrected chi connectivity index (χ3v) is 4.00. The molecule has 0 bridgehead atoms. The van der Waals surface area contributed by atoms with Crippen LogP contribution >= 0.6 is 0 Å². The van der Waals surface area contributed by atoms with Crippen LogP contribution in [0.3, 0.4) is 0 Å². The summed E-state index contributed by atoms with van der Waals surface area (Å²) in [4.78, 5) is 4.24. The van der Waals surface area contributed by atoms with E-state index < -0.39 is 5.82 Å². The lowest BCUT2D eigenvalue weighted by atomic mass is 10.1. The molecular formula is C18H18FN3O. The van der Waals surface area contributed by atoms with Crippen molar-refractivity contribution in [3.63, 3.8) is 0 Å². The van der Waals surface area contributed by atoms with Gasteiger partial charge in [0.2, 0.25) is 5.88 Å². The van der Waals surface area contributed by atoms with Crippen molar-refractivity contribution < 1.29 is 9.13 Å². The molecule has 0 atom stereocenters. The lowest BCUT2D eigenvalue weighted by Gasteiger charge is -2.13. The van der Waals surface area contributed by atoms with E-state index >= 15 is 0 Å². The second-order valence-corrected chi connectivity index (χ2v) is 5.65. The van der Waals surface area contributed by atoms with Crippen LogP contribution in [-0.2, 0) is 6.54 Å². The number of halogens is 1. The second-order valence-electron chi connectivity index (χ2n) is 5.65. The van der Waals surface area contributed by atoms with Gasteiger partial charge in [-0.2, -0.15) is 5.26 Å². The van der Waals surface area contributed by atoms with Crippen LogP contribution in [0.1, 0.15) is 36.8 Å². The zero-order valence-electron chi connectivity index (χ0n) is 12.8. The molecule has 2 aromatic rings. The number of ether oxygens (including phenoxy) is 1. The lowest BCUT2D eigenvalue weighted by molar-refractivity contribution is 0.201. The first-order valence-corrected chi connectivity index (χ1v) is 7.80. The molecule has 1 aromatic heterocycles. The molecule has 0 unspecified atom stereocenters. The molecule has 0 radical (unpaired) electrons. The largest absolute Gasteiger partial charge is 0.474 e. The van der Waals surface area contributed by atoms with Gasteiger partial charge >= 0.3 is 0 Å². The van der Waals surface area contributed by atoms with E-state index in [2.05, 4.69) is 10.3 Å². The van der Waals surface area contributed by atoms with Crippen LogP contribution in [0.5, 0.6) is 5.88 Å². The predicted molar refractivity (Wildman–Crippen MR) is 85.6 cm³/mol. The minimum atomic E-state index is -0.516. The first-order chi connectivity index (χ1) is 11.3. The fraction of sp³-hybridized carbons (Fsp3) is 0.333. The van der Waals surface area contributed by atoms with Crippen LogP contribution in [0.2, 0.25) is 0 Å². The molecule has 1 fully saturated rings. The summed E-state index contributed by atoms with van der Waals surface area (Å²) >= 11 is 0. The van der Waals surface area contributed by atoms with Crippen molar-refractivity contribution in [2.75, 3.05) is 5.32 Å². The number of aromatic nitrogens is 1. The Labute approximate surface area is 134 Å². The predicted octanol–water partition coefficient (Wildman–Crippen LogP) is 4.03. The van der Waals surface area contributed by atoms with Crippen molar-refractivity contribution in [1.29, 1.82) is 5.26 Å². The summed E-state index contributed by atoms with van der Waals surface area (Å²) in [5, 5.41) is 12.1. The molecule has 0 saturated heterocycles. The second kappa shape index (κ2) is 7.10. The number of benzene rings is 1. The highest BCUT2D eigenvalue weighted by Crippen LogP contribution is 2.24. The van der Waals surface area contributed by atoms with Gasteiger partial charge in [-0.1, -0.05) is 6.07 Å². The molecule has 0 aliphatic heterocycles. The van der Waals surface area contributed by atoms with E-state index in [9.17, 15) is 4.39 Å². The maximum Gasteiger partial charge on any atom is 0.213 e. The summed E-state index contributed by atoms with van der Waals surface area (Å²) in [6.45, 7) is 0.474. The quantitative estimate of drug-likeness (QED) is 0.906.